The maximum atomic E-state index is 12.6. The smallest absolute Gasteiger partial charge is 0.246 e. The van der Waals surface area contributed by atoms with Gasteiger partial charge in [-0.15, -0.1) is 0 Å². The van der Waals surface area contributed by atoms with Crippen LogP contribution in [0.15, 0.2) is 18.3 Å². The first-order chi connectivity index (χ1) is 7.66. The number of aromatic nitrogens is 1. The highest BCUT2D eigenvalue weighted by molar-refractivity contribution is 5.97. The molecule has 16 heavy (non-hydrogen) atoms. The van der Waals surface area contributed by atoms with Gasteiger partial charge in [-0.25, -0.2) is 9.37 Å². The maximum Gasteiger partial charge on any atom is 0.246 e. The highest BCUT2D eigenvalue weighted by Gasteiger charge is 2.44. The fourth-order valence-electron chi connectivity index (χ4n) is 1.61. The van der Waals surface area contributed by atoms with Crippen LogP contribution in [0.3, 0.4) is 0 Å². The predicted molar refractivity (Wildman–Crippen MR) is 54.7 cm³/mol. The van der Waals surface area contributed by atoms with E-state index >= 15 is 0 Å². The van der Waals surface area contributed by atoms with Crippen LogP contribution in [0.4, 0.5) is 10.2 Å². The molecular formula is C11H10FN3O. The Balaban J connectivity index is 2.08. The van der Waals surface area contributed by atoms with Crippen LogP contribution in [-0.2, 0) is 4.79 Å². The molecule has 1 N–H and O–H groups in total. The number of anilines is 1. The zero-order chi connectivity index (χ0) is 11.6. The van der Waals surface area contributed by atoms with Gasteiger partial charge in [-0.05, 0) is 31.4 Å². The maximum absolute atomic E-state index is 12.6. The van der Waals surface area contributed by atoms with Crippen LogP contribution in [0.1, 0.15) is 19.3 Å². The molecule has 5 heteroatoms. The summed E-state index contributed by atoms with van der Waals surface area (Å²) in [5.74, 6) is -0.537. The Hall–Kier alpha value is -1.96. The fourth-order valence-corrected chi connectivity index (χ4v) is 1.61. The van der Waals surface area contributed by atoms with Crippen molar-refractivity contribution >= 4 is 11.7 Å². The molecule has 1 saturated carbocycles. The van der Waals surface area contributed by atoms with Crippen molar-refractivity contribution < 1.29 is 9.18 Å². The van der Waals surface area contributed by atoms with Gasteiger partial charge in [0, 0.05) is 0 Å². The van der Waals surface area contributed by atoms with Crippen molar-refractivity contribution in [1.82, 2.24) is 4.98 Å². The number of nitriles is 1. The molecule has 0 radical (unpaired) electrons. The van der Waals surface area contributed by atoms with Crippen molar-refractivity contribution in [2.24, 2.45) is 5.41 Å². The molecule has 1 amide bonds. The van der Waals surface area contributed by atoms with Gasteiger partial charge in [-0.1, -0.05) is 0 Å². The number of nitrogens with one attached hydrogen (secondary N) is 1. The average molecular weight is 219 g/mol. The standard InChI is InChI=1S/C11H10FN3O/c12-8-2-3-9(14-6-8)15-10(16)11(7-13)4-1-5-11/h2-3,6H,1,4-5H2,(H,14,15,16). The van der Waals surface area contributed by atoms with Crippen molar-refractivity contribution in [2.75, 3.05) is 5.32 Å². The van der Waals surface area contributed by atoms with Gasteiger partial charge in [0.1, 0.15) is 17.1 Å². The number of amides is 1. The summed E-state index contributed by atoms with van der Waals surface area (Å²) >= 11 is 0. The highest BCUT2D eigenvalue weighted by atomic mass is 19.1. The molecule has 1 fully saturated rings. The predicted octanol–water partition coefficient (Wildman–Crippen LogP) is 1.85. The first-order valence-electron chi connectivity index (χ1n) is 5.00. The van der Waals surface area contributed by atoms with Crippen LogP contribution in [0, 0.1) is 22.6 Å². The third-order valence-electron chi connectivity index (χ3n) is 2.82. The van der Waals surface area contributed by atoms with Gasteiger partial charge in [0.25, 0.3) is 0 Å². The summed E-state index contributed by atoms with van der Waals surface area (Å²) in [6.07, 6.45) is 3.07. The third kappa shape index (κ3) is 1.74. The number of hydrogen-bond acceptors (Lipinski definition) is 3. The minimum absolute atomic E-state index is 0.271. The van der Waals surface area contributed by atoms with E-state index < -0.39 is 11.2 Å². The Morgan fingerprint density at radius 1 is 1.56 bits per heavy atom. The van der Waals surface area contributed by atoms with Gasteiger partial charge in [0.15, 0.2) is 0 Å². The molecule has 0 atom stereocenters. The van der Waals surface area contributed by atoms with Crippen LogP contribution < -0.4 is 5.32 Å². The Morgan fingerprint density at radius 3 is 2.75 bits per heavy atom. The molecule has 0 bridgehead atoms. The van der Waals surface area contributed by atoms with Crippen molar-refractivity contribution in [1.29, 1.82) is 5.26 Å². The van der Waals surface area contributed by atoms with E-state index in [9.17, 15) is 9.18 Å². The molecule has 1 heterocycles. The summed E-state index contributed by atoms with van der Waals surface area (Å²) < 4.78 is 12.6. The molecule has 0 spiro atoms. The molecule has 0 unspecified atom stereocenters. The molecule has 2 rings (SSSR count). The van der Waals surface area contributed by atoms with E-state index in [0.29, 0.717) is 12.8 Å². The van der Waals surface area contributed by atoms with E-state index in [1.165, 1.54) is 12.1 Å². The Labute approximate surface area is 92.1 Å². The first-order valence-corrected chi connectivity index (χ1v) is 5.00. The van der Waals surface area contributed by atoms with Gasteiger partial charge < -0.3 is 5.32 Å². The minimum Gasteiger partial charge on any atom is -0.309 e. The van der Waals surface area contributed by atoms with Crippen LogP contribution in [0.2, 0.25) is 0 Å². The lowest BCUT2D eigenvalue weighted by molar-refractivity contribution is -0.126. The largest absolute Gasteiger partial charge is 0.309 e. The number of hydrogen-bond donors (Lipinski definition) is 1. The lowest BCUT2D eigenvalue weighted by Crippen LogP contribution is -2.40. The number of halogens is 1. The quantitative estimate of drug-likeness (QED) is 0.825. The normalized spacial score (nSPS) is 17.0. The second-order valence-corrected chi connectivity index (χ2v) is 3.86. The molecule has 0 saturated heterocycles. The van der Waals surface area contributed by atoms with Gasteiger partial charge in [0.2, 0.25) is 5.91 Å². The van der Waals surface area contributed by atoms with Crippen LogP contribution in [0.25, 0.3) is 0 Å². The van der Waals surface area contributed by atoms with Crippen LogP contribution >= 0.6 is 0 Å². The molecule has 0 aromatic carbocycles. The van der Waals surface area contributed by atoms with Gasteiger partial charge >= 0.3 is 0 Å². The van der Waals surface area contributed by atoms with E-state index in [4.69, 9.17) is 5.26 Å². The summed E-state index contributed by atoms with van der Waals surface area (Å²) in [7, 11) is 0. The monoisotopic (exact) mass is 219 g/mol. The van der Waals surface area contributed by atoms with E-state index in [1.807, 2.05) is 6.07 Å². The number of pyridine rings is 1. The lowest BCUT2D eigenvalue weighted by Gasteiger charge is -2.33. The molecule has 82 valence electrons. The Morgan fingerprint density at radius 2 is 2.31 bits per heavy atom. The second kappa shape index (κ2) is 3.89. The van der Waals surface area contributed by atoms with Crippen molar-refractivity contribution in [3.63, 3.8) is 0 Å². The van der Waals surface area contributed by atoms with E-state index in [-0.39, 0.29) is 11.7 Å². The number of carbonyl (C=O) groups is 1. The summed E-state index contributed by atoms with van der Waals surface area (Å²) in [6, 6.07) is 4.62. The van der Waals surface area contributed by atoms with E-state index in [1.54, 1.807) is 0 Å². The highest BCUT2D eigenvalue weighted by Crippen LogP contribution is 2.40. The van der Waals surface area contributed by atoms with Gasteiger partial charge in [-0.3, -0.25) is 4.79 Å². The molecule has 0 aliphatic heterocycles. The summed E-state index contributed by atoms with van der Waals surface area (Å²) in [4.78, 5) is 15.5. The number of rotatable bonds is 2. The second-order valence-electron chi connectivity index (χ2n) is 3.86. The molecule has 1 aliphatic rings. The minimum atomic E-state index is -0.907. The zero-order valence-electron chi connectivity index (χ0n) is 8.53. The molecule has 1 aliphatic carbocycles. The Bertz CT molecular complexity index is 445. The van der Waals surface area contributed by atoms with Gasteiger partial charge in [0.05, 0.1) is 12.3 Å². The first kappa shape index (κ1) is 10.6. The zero-order valence-corrected chi connectivity index (χ0v) is 8.53. The van der Waals surface area contributed by atoms with Crippen LogP contribution in [0.5, 0.6) is 0 Å². The molecule has 1 aromatic rings. The van der Waals surface area contributed by atoms with Crippen molar-refractivity contribution in [2.45, 2.75) is 19.3 Å². The van der Waals surface area contributed by atoms with E-state index in [0.717, 1.165) is 12.6 Å². The van der Waals surface area contributed by atoms with Crippen molar-refractivity contribution in [3.8, 4) is 6.07 Å². The fraction of sp³-hybridized carbons (Fsp3) is 0.364. The Kier molecular flexibility index (Phi) is 2.57. The number of nitrogens with zero attached hydrogens (tertiary/aromatic N) is 2. The SMILES string of the molecule is N#CC1(C(=O)Nc2ccc(F)cn2)CCC1. The average Bonchev–Trinajstić information content (AvgIpc) is 2.21. The molecule has 1 aromatic heterocycles. The lowest BCUT2D eigenvalue weighted by atomic mass is 9.69. The molecular weight excluding hydrogens is 209 g/mol. The van der Waals surface area contributed by atoms with Crippen LogP contribution in [-0.4, -0.2) is 10.9 Å². The topological polar surface area (TPSA) is 65.8 Å². The summed E-state index contributed by atoms with van der Waals surface area (Å²) in [6.45, 7) is 0. The summed E-state index contributed by atoms with van der Waals surface area (Å²) in [5.41, 5.74) is -0.907. The summed E-state index contributed by atoms with van der Waals surface area (Å²) in [5, 5.41) is 11.5. The van der Waals surface area contributed by atoms with Crippen molar-refractivity contribution in [3.05, 3.63) is 24.1 Å². The van der Waals surface area contributed by atoms with E-state index in [2.05, 4.69) is 10.3 Å². The van der Waals surface area contributed by atoms with Gasteiger partial charge in [-0.2, -0.15) is 5.26 Å². The third-order valence-corrected chi connectivity index (χ3v) is 2.82. The molecule has 4 nitrogen and oxygen atoms in total. The number of carbonyl (C=O) groups excluding carboxylic acids is 1.